The second-order valence-electron chi connectivity index (χ2n) is 5.09. The number of ether oxygens (including phenoxy) is 1. The molecule has 1 aliphatic rings. The number of rotatable bonds is 0. The summed E-state index contributed by atoms with van der Waals surface area (Å²) < 4.78 is 11.3. The molecule has 0 unspecified atom stereocenters. The van der Waals surface area contributed by atoms with Gasteiger partial charge in [0.25, 0.3) is 0 Å². The molecular weight excluding hydrogens is 228 g/mol. The van der Waals surface area contributed by atoms with Gasteiger partial charge in [0.1, 0.15) is 16.9 Å². The van der Waals surface area contributed by atoms with Gasteiger partial charge in [-0.2, -0.15) is 0 Å². The van der Waals surface area contributed by atoms with E-state index in [1.807, 2.05) is 32.0 Å². The number of hydrogen-bond acceptors (Lipinski definition) is 3. The topological polar surface area (TPSA) is 39.4 Å². The standard InChI is InChI=1S/C15H14O3/c1-9-8-11-13(18-15(9,2)3)10-6-4-5-7-12(10)17-14(11)16/h4-7H,1,8H2,2-3H3. The van der Waals surface area contributed by atoms with E-state index in [0.717, 1.165) is 11.0 Å². The molecule has 1 aromatic carbocycles. The lowest BCUT2D eigenvalue weighted by Gasteiger charge is -2.34. The molecule has 0 radical (unpaired) electrons. The zero-order chi connectivity index (χ0) is 12.9. The summed E-state index contributed by atoms with van der Waals surface area (Å²) in [6, 6.07) is 7.42. The summed E-state index contributed by atoms with van der Waals surface area (Å²) in [7, 11) is 0. The van der Waals surface area contributed by atoms with Crippen LogP contribution < -0.4 is 10.4 Å². The average molecular weight is 242 g/mol. The van der Waals surface area contributed by atoms with Gasteiger partial charge < -0.3 is 9.15 Å². The molecule has 0 spiro atoms. The van der Waals surface area contributed by atoms with Crippen molar-refractivity contribution >= 4 is 11.0 Å². The van der Waals surface area contributed by atoms with Crippen LogP contribution in [0.25, 0.3) is 11.0 Å². The lowest BCUT2D eigenvalue weighted by Crippen LogP contribution is -2.37. The summed E-state index contributed by atoms with van der Waals surface area (Å²) in [5, 5.41) is 0.840. The SMILES string of the molecule is C=C1Cc2c(c3ccccc3oc2=O)OC1(C)C. The molecule has 0 N–H and O–H groups in total. The van der Waals surface area contributed by atoms with E-state index in [-0.39, 0.29) is 5.63 Å². The molecule has 0 saturated carbocycles. The van der Waals surface area contributed by atoms with Crippen molar-refractivity contribution < 1.29 is 9.15 Å². The van der Waals surface area contributed by atoms with E-state index in [0.29, 0.717) is 23.3 Å². The molecule has 0 fully saturated rings. The van der Waals surface area contributed by atoms with Crippen LogP contribution in [0.5, 0.6) is 5.75 Å². The molecule has 1 aliphatic heterocycles. The van der Waals surface area contributed by atoms with Crippen molar-refractivity contribution in [2.24, 2.45) is 0 Å². The zero-order valence-corrected chi connectivity index (χ0v) is 10.4. The van der Waals surface area contributed by atoms with Gasteiger partial charge in [0.2, 0.25) is 0 Å². The lowest BCUT2D eigenvalue weighted by atomic mass is 9.89. The van der Waals surface area contributed by atoms with E-state index in [1.165, 1.54) is 0 Å². The Morgan fingerprint density at radius 3 is 2.78 bits per heavy atom. The van der Waals surface area contributed by atoms with Gasteiger partial charge in [-0.05, 0) is 31.6 Å². The molecule has 2 aromatic rings. The van der Waals surface area contributed by atoms with Crippen LogP contribution in [0.3, 0.4) is 0 Å². The molecule has 2 heterocycles. The first-order chi connectivity index (χ1) is 8.49. The first kappa shape index (κ1) is 11.1. The van der Waals surface area contributed by atoms with Crippen LogP contribution in [0.4, 0.5) is 0 Å². The van der Waals surface area contributed by atoms with E-state index >= 15 is 0 Å². The van der Waals surface area contributed by atoms with Crippen molar-refractivity contribution in [2.45, 2.75) is 25.9 Å². The van der Waals surface area contributed by atoms with Gasteiger partial charge in [-0.25, -0.2) is 4.79 Å². The lowest BCUT2D eigenvalue weighted by molar-refractivity contribution is 0.135. The second kappa shape index (κ2) is 3.48. The van der Waals surface area contributed by atoms with E-state index in [9.17, 15) is 4.79 Å². The largest absolute Gasteiger partial charge is 0.482 e. The Morgan fingerprint density at radius 1 is 1.28 bits per heavy atom. The number of para-hydroxylation sites is 1. The predicted octanol–water partition coefficient (Wildman–Crippen LogP) is 3.06. The first-order valence-electron chi connectivity index (χ1n) is 5.91. The summed E-state index contributed by atoms with van der Waals surface area (Å²) in [5.41, 5.74) is 1.23. The van der Waals surface area contributed by atoms with E-state index in [4.69, 9.17) is 9.15 Å². The van der Waals surface area contributed by atoms with Crippen molar-refractivity contribution in [1.29, 1.82) is 0 Å². The quantitative estimate of drug-likeness (QED) is 0.526. The normalized spacial score (nSPS) is 17.3. The molecule has 0 amide bonds. The highest BCUT2D eigenvalue weighted by molar-refractivity contribution is 5.85. The summed E-state index contributed by atoms with van der Waals surface area (Å²) in [4.78, 5) is 11.9. The minimum Gasteiger partial charge on any atom is -0.482 e. The second-order valence-corrected chi connectivity index (χ2v) is 5.09. The predicted molar refractivity (Wildman–Crippen MR) is 70.0 cm³/mol. The molecule has 0 bridgehead atoms. The van der Waals surface area contributed by atoms with Crippen LogP contribution in [-0.4, -0.2) is 5.60 Å². The van der Waals surface area contributed by atoms with E-state index in [1.54, 1.807) is 6.07 Å². The molecule has 3 rings (SSSR count). The molecule has 18 heavy (non-hydrogen) atoms. The van der Waals surface area contributed by atoms with Crippen molar-refractivity contribution in [1.82, 2.24) is 0 Å². The smallest absolute Gasteiger partial charge is 0.343 e. The summed E-state index contributed by atoms with van der Waals surface area (Å²) in [6.07, 6.45) is 0.509. The van der Waals surface area contributed by atoms with Crippen LogP contribution in [0.15, 0.2) is 45.6 Å². The molecule has 0 aliphatic carbocycles. The highest BCUT2D eigenvalue weighted by Gasteiger charge is 2.33. The van der Waals surface area contributed by atoms with E-state index < -0.39 is 5.60 Å². The summed E-state index contributed by atoms with van der Waals surface area (Å²) in [6.45, 7) is 7.90. The van der Waals surface area contributed by atoms with Gasteiger partial charge in [-0.3, -0.25) is 0 Å². The van der Waals surface area contributed by atoms with Crippen LogP contribution >= 0.6 is 0 Å². The fraction of sp³-hybridized carbons (Fsp3) is 0.267. The molecule has 3 nitrogen and oxygen atoms in total. The van der Waals surface area contributed by atoms with Gasteiger partial charge in [0, 0.05) is 6.42 Å². The molecular formula is C15H14O3. The third-order valence-corrected chi connectivity index (χ3v) is 3.45. The molecule has 1 aromatic heterocycles. The average Bonchev–Trinajstić information content (AvgIpc) is 2.32. The molecule has 0 atom stereocenters. The number of fused-ring (bicyclic) bond motifs is 3. The van der Waals surface area contributed by atoms with Crippen LogP contribution in [-0.2, 0) is 6.42 Å². The number of hydrogen-bond donors (Lipinski definition) is 0. The Balaban J connectivity index is 2.37. The maximum absolute atomic E-state index is 11.9. The fourth-order valence-corrected chi connectivity index (χ4v) is 2.18. The summed E-state index contributed by atoms with van der Waals surface area (Å²) >= 11 is 0. The summed E-state index contributed by atoms with van der Waals surface area (Å²) in [5.74, 6) is 0.638. The Bertz CT molecular complexity index is 707. The van der Waals surface area contributed by atoms with Crippen LogP contribution in [0, 0.1) is 0 Å². The molecule has 3 heteroatoms. The van der Waals surface area contributed by atoms with Crippen molar-refractivity contribution in [3.05, 3.63) is 52.4 Å². The zero-order valence-electron chi connectivity index (χ0n) is 10.4. The van der Waals surface area contributed by atoms with Crippen molar-refractivity contribution in [3.8, 4) is 5.75 Å². The molecule has 92 valence electrons. The first-order valence-corrected chi connectivity index (χ1v) is 5.91. The monoisotopic (exact) mass is 242 g/mol. The highest BCUT2D eigenvalue weighted by Crippen LogP contribution is 2.38. The Kier molecular flexibility index (Phi) is 2.14. The van der Waals surface area contributed by atoms with Crippen molar-refractivity contribution in [3.63, 3.8) is 0 Å². The fourth-order valence-electron chi connectivity index (χ4n) is 2.18. The van der Waals surface area contributed by atoms with Gasteiger partial charge in [0.05, 0.1) is 10.9 Å². The van der Waals surface area contributed by atoms with Crippen LogP contribution in [0.1, 0.15) is 19.4 Å². The highest BCUT2D eigenvalue weighted by atomic mass is 16.5. The Hall–Kier alpha value is -2.03. The minimum atomic E-state index is -0.455. The third-order valence-electron chi connectivity index (χ3n) is 3.45. The Labute approximate surface area is 105 Å². The maximum atomic E-state index is 11.9. The van der Waals surface area contributed by atoms with Crippen molar-refractivity contribution in [2.75, 3.05) is 0 Å². The van der Waals surface area contributed by atoms with Crippen LogP contribution in [0.2, 0.25) is 0 Å². The van der Waals surface area contributed by atoms with Gasteiger partial charge in [-0.15, -0.1) is 0 Å². The number of benzene rings is 1. The maximum Gasteiger partial charge on any atom is 0.343 e. The molecule has 0 saturated heterocycles. The third kappa shape index (κ3) is 1.47. The van der Waals surface area contributed by atoms with Gasteiger partial charge in [0.15, 0.2) is 0 Å². The van der Waals surface area contributed by atoms with E-state index in [2.05, 4.69) is 6.58 Å². The van der Waals surface area contributed by atoms with Gasteiger partial charge >= 0.3 is 5.63 Å². The minimum absolute atomic E-state index is 0.333. The Morgan fingerprint density at radius 2 is 2.00 bits per heavy atom. The van der Waals surface area contributed by atoms with Gasteiger partial charge in [-0.1, -0.05) is 18.7 Å².